The third kappa shape index (κ3) is 3.55. The predicted octanol–water partition coefficient (Wildman–Crippen LogP) is 4.47. The van der Waals surface area contributed by atoms with Gasteiger partial charge in [0.05, 0.1) is 0 Å². The van der Waals surface area contributed by atoms with Crippen LogP contribution in [0.25, 0.3) is 0 Å². The summed E-state index contributed by atoms with van der Waals surface area (Å²) < 4.78 is 14.0. The van der Waals surface area contributed by atoms with Crippen molar-refractivity contribution >= 4 is 27.6 Å². The first-order valence-corrected chi connectivity index (χ1v) is 8.33. The number of nitrogens with one attached hydrogen (secondary N) is 1. The van der Waals surface area contributed by atoms with Crippen molar-refractivity contribution in [3.05, 3.63) is 64.4 Å². The fraction of sp³-hybridized carbons (Fsp3) is 0.278. The molecule has 5 heteroatoms. The smallest absolute Gasteiger partial charge is 0.321 e. The van der Waals surface area contributed by atoms with Gasteiger partial charge in [0.1, 0.15) is 5.82 Å². The molecular weight excluding hydrogens is 359 g/mol. The number of carbonyl (C=O) groups is 1. The van der Waals surface area contributed by atoms with Crippen molar-refractivity contribution in [2.24, 2.45) is 0 Å². The Morgan fingerprint density at radius 1 is 1.17 bits per heavy atom. The van der Waals surface area contributed by atoms with Crippen LogP contribution in [0.1, 0.15) is 18.4 Å². The lowest BCUT2D eigenvalue weighted by molar-refractivity contribution is 0.246. The Bertz CT molecular complexity index is 696. The molecule has 2 amide bonds. The van der Waals surface area contributed by atoms with Gasteiger partial charge in [-0.15, -0.1) is 0 Å². The van der Waals surface area contributed by atoms with Gasteiger partial charge in [-0.1, -0.05) is 28.1 Å². The topological polar surface area (TPSA) is 32.3 Å². The largest absolute Gasteiger partial charge is 0.337 e. The van der Waals surface area contributed by atoms with Gasteiger partial charge in [-0.2, -0.15) is 0 Å². The highest BCUT2D eigenvalue weighted by molar-refractivity contribution is 9.10. The van der Waals surface area contributed by atoms with Gasteiger partial charge in [0.15, 0.2) is 0 Å². The van der Waals surface area contributed by atoms with Crippen molar-refractivity contribution in [2.45, 2.75) is 18.3 Å². The number of hydrogen-bond acceptors (Lipinski definition) is 1. The summed E-state index contributed by atoms with van der Waals surface area (Å²) in [7, 11) is 1.68. The maximum atomic E-state index is 13.0. The van der Waals surface area contributed by atoms with Crippen molar-refractivity contribution in [1.82, 2.24) is 5.32 Å². The van der Waals surface area contributed by atoms with E-state index in [0.717, 1.165) is 17.3 Å². The van der Waals surface area contributed by atoms with Crippen molar-refractivity contribution in [1.29, 1.82) is 0 Å². The number of halogens is 2. The quantitative estimate of drug-likeness (QED) is 0.838. The van der Waals surface area contributed by atoms with Crippen LogP contribution in [0.3, 0.4) is 0 Å². The lowest BCUT2D eigenvalue weighted by Crippen LogP contribution is -2.41. The molecule has 0 aromatic heterocycles. The van der Waals surface area contributed by atoms with Crippen LogP contribution < -0.4 is 10.2 Å². The van der Waals surface area contributed by atoms with E-state index >= 15 is 0 Å². The number of anilines is 1. The highest BCUT2D eigenvalue weighted by Crippen LogP contribution is 2.47. The van der Waals surface area contributed by atoms with E-state index in [9.17, 15) is 9.18 Å². The molecule has 2 aromatic rings. The maximum Gasteiger partial charge on any atom is 0.321 e. The molecule has 1 aliphatic carbocycles. The first-order valence-electron chi connectivity index (χ1n) is 7.53. The predicted molar refractivity (Wildman–Crippen MR) is 93.3 cm³/mol. The van der Waals surface area contributed by atoms with Crippen molar-refractivity contribution in [3.63, 3.8) is 0 Å². The molecule has 0 radical (unpaired) electrons. The number of amides is 2. The van der Waals surface area contributed by atoms with Crippen LogP contribution in [-0.2, 0) is 5.41 Å². The lowest BCUT2D eigenvalue weighted by atomic mass is 9.96. The summed E-state index contributed by atoms with van der Waals surface area (Å²) >= 11 is 3.44. The molecule has 23 heavy (non-hydrogen) atoms. The fourth-order valence-corrected chi connectivity index (χ4v) is 2.93. The second kappa shape index (κ2) is 6.32. The second-order valence-corrected chi connectivity index (χ2v) is 6.90. The first-order chi connectivity index (χ1) is 11.0. The van der Waals surface area contributed by atoms with Gasteiger partial charge in [-0.3, -0.25) is 4.90 Å². The van der Waals surface area contributed by atoms with Crippen LogP contribution in [0.2, 0.25) is 0 Å². The molecule has 0 saturated heterocycles. The Morgan fingerprint density at radius 3 is 2.35 bits per heavy atom. The van der Waals surface area contributed by atoms with Crippen molar-refractivity contribution < 1.29 is 9.18 Å². The monoisotopic (exact) mass is 376 g/mol. The average molecular weight is 377 g/mol. The number of nitrogens with zero attached hydrogens (tertiary/aromatic N) is 1. The standard InChI is InChI=1S/C18H18BrFN2O/c1-22(16-8-6-15(20)7-9-16)17(23)21-12-18(10-11-18)13-2-4-14(19)5-3-13/h2-9H,10-12H2,1H3,(H,21,23). The molecule has 0 bridgehead atoms. The minimum Gasteiger partial charge on any atom is -0.337 e. The molecule has 2 aromatic carbocycles. The summed E-state index contributed by atoms with van der Waals surface area (Å²) in [6, 6.07) is 14.0. The van der Waals surface area contributed by atoms with Gasteiger partial charge in [-0.05, 0) is 54.8 Å². The summed E-state index contributed by atoms with van der Waals surface area (Å²) in [5.41, 5.74) is 1.97. The Labute approximate surface area is 143 Å². The highest BCUT2D eigenvalue weighted by atomic mass is 79.9. The van der Waals surface area contributed by atoms with Crippen molar-refractivity contribution in [3.8, 4) is 0 Å². The Kier molecular flexibility index (Phi) is 4.39. The van der Waals surface area contributed by atoms with E-state index in [4.69, 9.17) is 0 Å². The van der Waals surface area contributed by atoms with Gasteiger partial charge < -0.3 is 5.32 Å². The Hall–Kier alpha value is -1.88. The molecule has 1 aliphatic rings. The van der Waals surface area contributed by atoms with Gasteiger partial charge in [0.25, 0.3) is 0 Å². The number of urea groups is 1. The van der Waals surface area contributed by atoms with Crippen LogP contribution in [0.5, 0.6) is 0 Å². The summed E-state index contributed by atoms with van der Waals surface area (Å²) in [5.74, 6) is -0.310. The van der Waals surface area contributed by atoms with Gasteiger partial charge >= 0.3 is 6.03 Å². The zero-order valence-corrected chi connectivity index (χ0v) is 14.4. The minimum absolute atomic E-state index is 0.0556. The molecular formula is C18H18BrFN2O. The molecule has 0 heterocycles. The third-order valence-electron chi connectivity index (χ3n) is 4.41. The molecule has 0 aliphatic heterocycles. The van der Waals surface area contributed by atoms with Crippen LogP contribution in [0.4, 0.5) is 14.9 Å². The zero-order valence-electron chi connectivity index (χ0n) is 12.9. The highest BCUT2D eigenvalue weighted by Gasteiger charge is 2.44. The third-order valence-corrected chi connectivity index (χ3v) is 4.94. The molecule has 3 nitrogen and oxygen atoms in total. The normalized spacial score (nSPS) is 15.1. The summed E-state index contributed by atoms with van der Waals surface area (Å²) in [6.07, 6.45) is 2.16. The maximum absolute atomic E-state index is 13.0. The van der Waals surface area contributed by atoms with Crippen LogP contribution in [0, 0.1) is 5.82 Å². The first kappa shape index (κ1) is 16.0. The van der Waals surface area contributed by atoms with Crippen molar-refractivity contribution in [2.75, 3.05) is 18.5 Å². The Morgan fingerprint density at radius 2 is 1.78 bits per heavy atom. The van der Waals surface area contributed by atoms with E-state index in [1.807, 2.05) is 12.1 Å². The number of rotatable bonds is 4. The molecule has 0 unspecified atom stereocenters. The number of carbonyl (C=O) groups excluding carboxylic acids is 1. The summed E-state index contributed by atoms with van der Waals surface area (Å²) in [4.78, 5) is 13.8. The lowest BCUT2D eigenvalue weighted by Gasteiger charge is -2.21. The van der Waals surface area contributed by atoms with E-state index in [2.05, 4.69) is 33.4 Å². The fourth-order valence-electron chi connectivity index (χ4n) is 2.67. The summed E-state index contributed by atoms with van der Waals surface area (Å²) in [5, 5.41) is 2.99. The van der Waals surface area contributed by atoms with E-state index < -0.39 is 0 Å². The van der Waals surface area contributed by atoms with Gasteiger partial charge in [0.2, 0.25) is 0 Å². The second-order valence-electron chi connectivity index (χ2n) is 5.98. The van der Waals surface area contributed by atoms with Gasteiger partial charge in [-0.25, -0.2) is 9.18 Å². The minimum atomic E-state index is -0.310. The number of hydrogen-bond donors (Lipinski definition) is 1. The summed E-state index contributed by atoms with van der Waals surface area (Å²) in [6.45, 7) is 0.610. The van der Waals surface area contributed by atoms with E-state index in [1.165, 1.54) is 22.6 Å². The SMILES string of the molecule is CN(C(=O)NCC1(c2ccc(Br)cc2)CC1)c1ccc(F)cc1. The molecule has 1 fully saturated rings. The Balaban J connectivity index is 1.62. The zero-order chi connectivity index (χ0) is 16.4. The van der Waals surface area contributed by atoms with Gasteiger partial charge in [0, 0.05) is 29.2 Å². The molecule has 120 valence electrons. The molecule has 1 saturated carbocycles. The number of benzene rings is 2. The van der Waals surface area contributed by atoms with E-state index in [1.54, 1.807) is 19.2 Å². The van der Waals surface area contributed by atoms with Crippen LogP contribution in [0.15, 0.2) is 53.0 Å². The van der Waals surface area contributed by atoms with E-state index in [0.29, 0.717) is 12.2 Å². The molecule has 1 N–H and O–H groups in total. The van der Waals surface area contributed by atoms with E-state index in [-0.39, 0.29) is 17.3 Å². The molecule has 3 rings (SSSR count). The van der Waals surface area contributed by atoms with Crippen LogP contribution in [-0.4, -0.2) is 19.6 Å². The average Bonchev–Trinajstić information content (AvgIpc) is 3.34. The molecule has 0 spiro atoms. The molecule has 0 atom stereocenters. The van der Waals surface area contributed by atoms with Crippen LogP contribution >= 0.6 is 15.9 Å².